The molecular weight excluding hydrogens is 443 g/mol. The van der Waals surface area contributed by atoms with E-state index in [1.54, 1.807) is 37.4 Å². The highest BCUT2D eigenvalue weighted by Crippen LogP contribution is 2.38. The van der Waals surface area contributed by atoms with E-state index in [-0.39, 0.29) is 28.7 Å². The highest BCUT2D eigenvalue weighted by Gasteiger charge is 2.21. The summed E-state index contributed by atoms with van der Waals surface area (Å²) in [5.41, 5.74) is 2.28. The Morgan fingerprint density at radius 2 is 1.68 bits per heavy atom. The summed E-state index contributed by atoms with van der Waals surface area (Å²) in [5.74, 6) is -0.0463. The van der Waals surface area contributed by atoms with Crippen molar-refractivity contribution in [2.24, 2.45) is 0 Å². The summed E-state index contributed by atoms with van der Waals surface area (Å²) in [6.45, 7) is 0. The van der Waals surface area contributed by atoms with E-state index >= 15 is 0 Å². The first-order valence-corrected chi connectivity index (χ1v) is 10.2. The van der Waals surface area contributed by atoms with Gasteiger partial charge in [-0.05, 0) is 54.3 Å². The van der Waals surface area contributed by atoms with Gasteiger partial charge in [-0.25, -0.2) is 4.79 Å². The third-order valence-corrected chi connectivity index (χ3v) is 5.09. The molecule has 0 aliphatic rings. The molecule has 6 nitrogen and oxygen atoms in total. The Labute approximate surface area is 191 Å². The van der Waals surface area contributed by atoms with Gasteiger partial charge in [0, 0.05) is 17.0 Å². The van der Waals surface area contributed by atoms with Gasteiger partial charge in [0.15, 0.2) is 5.75 Å². The minimum absolute atomic E-state index is 0.189. The van der Waals surface area contributed by atoms with Crippen LogP contribution in [0.15, 0.2) is 36.4 Å². The summed E-state index contributed by atoms with van der Waals surface area (Å²) < 4.78 is 20.4. The van der Waals surface area contributed by atoms with E-state index in [9.17, 15) is 9.59 Å². The molecule has 0 radical (unpaired) electrons. The van der Waals surface area contributed by atoms with Crippen molar-refractivity contribution in [1.82, 2.24) is 0 Å². The first-order valence-electron chi connectivity index (χ1n) is 9.43. The summed E-state index contributed by atoms with van der Waals surface area (Å²) in [7, 11) is 5.62. The molecule has 0 amide bonds. The molecule has 0 aromatic heterocycles. The van der Waals surface area contributed by atoms with Crippen molar-refractivity contribution in [3.63, 3.8) is 0 Å². The second-order valence-electron chi connectivity index (χ2n) is 6.46. The number of benzene rings is 2. The Kier molecular flexibility index (Phi) is 9.21. The van der Waals surface area contributed by atoms with Crippen molar-refractivity contribution >= 4 is 40.7 Å². The van der Waals surface area contributed by atoms with Crippen molar-refractivity contribution in [1.29, 1.82) is 0 Å². The van der Waals surface area contributed by atoms with Crippen LogP contribution in [0.2, 0.25) is 10.0 Å². The maximum atomic E-state index is 12.3. The Balaban J connectivity index is 2.63. The molecule has 0 saturated heterocycles. The molecule has 0 unspecified atom stereocenters. The third kappa shape index (κ3) is 6.15. The lowest BCUT2D eigenvalue weighted by molar-refractivity contribution is -0.140. The third-order valence-electron chi connectivity index (χ3n) is 4.58. The SMILES string of the molecule is COC(=O)CCC/C=C(/c1cc(Cl)c(OC)c(C(=O)OC)c1)c1cc(Cl)ccc1OC. The summed E-state index contributed by atoms with van der Waals surface area (Å²) in [4.78, 5) is 23.8. The van der Waals surface area contributed by atoms with Gasteiger partial charge in [0.25, 0.3) is 0 Å². The molecule has 0 spiro atoms. The molecule has 2 rings (SSSR count). The lowest BCUT2D eigenvalue weighted by Crippen LogP contribution is -2.06. The number of unbranched alkanes of at least 4 members (excludes halogenated alkanes) is 1. The van der Waals surface area contributed by atoms with Gasteiger partial charge in [0.05, 0.1) is 33.5 Å². The van der Waals surface area contributed by atoms with E-state index in [2.05, 4.69) is 0 Å². The van der Waals surface area contributed by atoms with Crippen LogP contribution in [-0.4, -0.2) is 40.4 Å². The lowest BCUT2D eigenvalue weighted by Gasteiger charge is -2.17. The fourth-order valence-electron chi connectivity index (χ4n) is 3.09. The van der Waals surface area contributed by atoms with Gasteiger partial charge in [0.1, 0.15) is 11.3 Å². The van der Waals surface area contributed by atoms with E-state index in [4.69, 9.17) is 42.1 Å². The van der Waals surface area contributed by atoms with Gasteiger partial charge in [0.2, 0.25) is 0 Å². The van der Waals surface area contributed by atoms with Crippen LogP contribution in [0.3, 0.4) is 0 Å². The molecule has 0 aliphatic heterocycles. The van der Waals surface area contributed by atoms with Crippen molar-refractivity contribution < 1.29 is 28.5 Å². The Hall–Kier alpha value is -2.70. The average Bonchev–Trinajstić information content (AvgIpc) is 2.77. The average molecular weight is 467 g/mol. The van der Waals surface area contributed by atoms with Crippen LogP contribution in [0.5, 0.6) is 11.5 Å². The van der Waals surface area contributed by atoms with Gasteiger partial charge in [-0.2, -0.15) is 0 Å². The number of carbonyl (C=O) groups excluding carboxylic acids is 2. The molecule has 8 heteroatoms. The van der Waals surface area contributed by atoms with Crippen molar-refractivity contribution in [3.8, 4) is 11.5 Å². The van der Waals surface area contributed by atoms with E-state index in [1.807, 2.05) is 6.08 Å². The molecule has 0 atom stereocenters. The first kappa shape index (κ1) is 24.6. The lowest BCUT2D eigenvalue weighted by atomic mass is 9.93. The Bertz CT molecular complexity index is 984. The molecule has 0 saturated carbocycles. The largest absolute Gasteiger partial charge is 0.496 e. The zero-order chi connectivity index (χ0) is 23.0. The van der Waals surface area contributed by atoms with Crippen LogP contribution < -0.4 is 9.47 Å². The summed E-state index contributed by atoms with van der Waals surface area (Å²) in [6.07, 6.45) is 3.37. The number of methoxy groups -OCH3 is 4. The maximum Gasteiger partial charge on any atom is 0.341 e. The van der Waals surface area contributed by atoms with Crippen molar-refractivity contribution in [2.45, 2.75) is 19.3 Å². The van der Waals surface area contributed by atoms with Gasteiger partial charge in [-0.1, -0.05) is 29.3 Å². The quantitative estimate of drug-likeness (QED) is 0.355. The molecule has 166 valence electrons. The van der Waals surface area contributed by atoms with Crippen LogP contribution in [0.4, 0.5) is 0 Å². The number of ether oxygens (including phenoxy) is 4. The predicted octanol–water partition coefficient (Wildman–Crippen LogP) is 5.57. The topological polar surface area (TPSA) is 71.1 Å². The monoisotopic (exact) mass is 466 g/mol. The second-order valence-corrected chi connectivity index (χ2v) is 7.30. The minimum Gasteiger partial charge on any atom is -0.496 e. The highest BCUT2D eigenvalue weighted by atomic mass is 35.5. The highest BCUT2D eigenvalue weighted by molar-refractivity contribution is 6.33. The minimum atomic E-state index is -0.580. The van der Waals surface area contributed by atoms with Crippen LogP contribution >= 0.6 is 23.2 Å². The number of halogens is 2. The normalized spacial score (nSPS) is 11.1. The van der Waals surface area contributed by atoms with Crippen LogP contribution in [0, 0.1) is 0 Å². The molecule has 0 fully saturated rings. The zero-order valence-corrected chi connectivity index (χ0v) is 19.3. The maximum absolute atomic E-state index is 12.3. The summed E-state index contributed by atoms with van der Waals surface area (Å²) in [5, 5.41) is 0.769. The van der Waals surface area contributed by atoms with Crippen LogP contribution in [0.25, 0.3) is 5.57 Å². The summed E-state index contributed by atoms with van der Waals surface area (Å²) in [6, 6.07) is 8.58. The number of rotatable bonds is 9. The molecule has 2 aromatic carbocycles. The number of allylic oxidation sites excluding steroid dienone is 1. The molecule has 31 heavy (non-hydrogen) atoms. The molecule has 0 heterocycles. The number of hydrogen-bond donors (Lipinski definition) is 0. The Morgan fingerprint density at radius 1 is 0.935 bits per heavy atom. The fourth-order valence-corrected chi connectivity index (χ4v) is 3.56. The van der Waals surface area contributed by atoms with E-state index in [0.717, 1.165) is 5.57 Å². The van der Waals surface area contributed by atoms with Gasteiger partial charge in [-0.15, -0.1) is 0 Å². The number of hydrogen-bond acceptors (Lipinski definition) is 6. The fraction of sp³-hybridized carbons (Fsp3) is 0.304. The van der Waals surface area contributed by atoms with Crippen molar-refractivity contribution in [2.75, 3.05) is 28.4 Å². The van der Waals surface area contributed by atoms with Gasteiger partial charge in [-0.3, -0.25) is 4.79 Å². The van der Waals surface area contributed by atoms with E-state index < -0.39 is 5.97 Å². The van der Waals surface area contributed by atoms with Gasteiger partial charge >= 0.3 is 11.9 Å². The van der Waals surface area contributed by atoms with Crippen molar-refractivity contribution in [3.05, 3.63) is 63.1 Å². The van der Waals surface area contributed by atoms with Crippen LogP contribution in [0.1, 0.15) is 40.7 Å². The molecular formula is C23H24Cl2O6. The predicted molar refractivity (Wildman–Crippen MR) is 120 cm³/mol. The zero-order valence-electron chi connectivity index (χ0n) is 17.8. The summed E-state index contributed by atoms with van der Waals surface area (Å²) >= 11 is 12.7. The van der Waals surface area contributed by atoms with E-state index in [1.165, 1.54) is 21.3 Å². The molecule has 0 bridgehead atoms. The smallest absolute Gasteiger partial charge is 0.341 e. The first-order chi connectivity index (χ1) is 14.9. The van der Waals surface area contributed by atoms with Gasteiger partial charge < -0.3 is 18.9 Å². The Morgan fingerprint density at radius 3 is 2.29 bits per heavy atom. The van der Waals surface area contributed by atoms with E-state index in [0.29, 0.717) is 34.7 Å². The standard InChI is InChI=1S/C23H24Cl2O6/c1-28-20-10-9-15(24)13-17(20)16(7-5-6-8-21(26)29-2)14-11-18(23(27)31-4)22(30-3)19(25)12-14/h7,9-13H,5-6,8H2,1-4H3/b16-7-. The number of esters is 2. The molecule has 2 aromatic rings. The molecule has 0 aliphatic carbocycles. The van der Waals surface area contributed by atoms with Crippen LogP contribution in [-0.2, 0) is 14.3 Å². The molecule has 0 N–H and O–H groups in total. The number of carbonyl (C=O) groups is 2. The second kappa shape index (κ2) is 11.6.